The standard InChI is InChI=1S/C28H30N4O2/c1-4-5-16-32-20(3)27(19(2)31-32)30-28(34)23-13-9-14-24(17-23)29-26(33)18-22-12-8-11-21-10-6-7-15-25(21)22/h6-15,17H,4-5,16,18H2,1-3H3,(H,29,33)(H,30,34). The topological polar surface area (TPSA) is 76.0 Å². The highest BCUT2D eigenvalue weighted by Crippen LogP contribution is 2.22. The van der Waals surface area contributed by atoms with Gasteiger partial charge in [0.25, 0.3) is 5.91 Å². The lowest BCUT2D eigenvalue weighted by atomic mass is 10.0. The molecule has 0 aliphatic rings. The Bertz CT molecular complexity index is 1330. The molecule has 3 aromatic carbocycles. The molecule has 0 bridgehead atoms. The lowest BCUT2D eigenvalue weighted by molar-refractivity contribution is -0.115. The summed E-state index contributed by atoms with van der Waals surface area (Å²) in [5.74, 6) is -0.357. The molecule has 0 radical (unpaired) electrons. The first-order valence-electron chi connectivity index (χ1n) is 11.7. The minimum atomic E-state index is -0.230. The summed E-state index contributed by atoms with van der Waals surface area (Å²) in [7, 11) is 0. The van der Waals surface area contributed by atoms with Crippen molar-refractivity contribution < 1.29 is 9.59 Å². The number of rotatable bonds is 8. The van der Waals surface area contributed by atoms with E-state index in [0.29, 0.717) is 11.3 Å². The molecule has 2 amide bonds. The molecule has 174 valence electrons. The number of hydrogen-bond acceptors (Lipinski definition) is 3. The van der Waals surface area contributed by atoms with Crippen molar-refractivity contribution in [3.8, 4) is 0 Å². The first-order chi connectivity index (χ1) is 16.5. The SMILES string of the molecule is CCCCn1nc(C)c(NC(=O)c2cccc(NC(=O)Cc3cccc4ccccc34)c2)c1C. The molecule has 0 fully saturated rings. The highest BCUT2D eigenvalue weighted by Gasteiger charge is 2.16. The van der Waals surface area contributed by atoms with E-state index in [-0.39, 0.29) is 18.2 Å². The number of amides is 2. The smallest absolute Gasteiger partial charge is 0.255 e. The largest absolute Gasteiger partial charge is 0.326 e. The molecule has 1 aromatic heterocycles. The zero-order chi connectivity index (χ0) is 24.1. The van der Waals surface area contributed by atoms with Crippen LogP contribution in [0, 0.1) is 13.8 Å². The van der Waals surface area contributed by atoms with Crippen LogP contribution in [-0.4, -0.2) is 21.6 Å². The molecule has 0 saturated carbocycles. The second-order valence-corrected chi connectivity index (χ2v) is 8.52. The maximum Gasteiger partial charge on any atom is 0.255 e. The van der Waals surface area contributed by atoms with Crippen LogP contribution in [-0.2, 0) is 17.8 Å². The molecular formula is C28H30N4O2. The van der Waals surface area contributed by atoms with Crippen LogP contribution in [0.1, 0.15) is 47.1 Å². The van der Waals surface area contributed by atoms with E-state index in [1.54, 1.807) is 24.3 Å². The predicted octanol–water partition coefficient (Wildman–Crippen LogP) is 5.89. The van der Waals surface area contributed by atoms with Crippen molar-refractivity contribution in [2.75, 3.05) is 10.6 Å². The highest BCUT2D eigenvalue weighted by molar-refractivity contribution is 6.06. The Morgan fingerprint density at radius 1 is 0.941 bits per heavy atom. The van der Waals surface area contributed by atoms with Crippen molar-refractivity contribution in [3.63, 3.8) is 0 Å². The number of benzene rings is 3. The van der Waals surface area contributed by atoms with Gasteiger partial charge in [-0.3, -0.25) is 14.3 Å². The average Bonchev–Trinajstić information content (AvgIpc) is 3.10. The molecule has 4 aromatic rings. The lowest BCUT2D eigenvalue weighted by Crippen LogP contribution is -2.16. The Labute approximate surface area is 200 Å². The third-order valence-corrected chi connectivity index (χ3v) is 5.98. The van der Waals surface area contributed by atoms with E-state index < -0.39 is 0 Å². The highest BCUT2D eigenvalue weighted by atomic mass is 16.2. The summed E-state index contributed by atoms with van der Waals surface area (Å²) in [5.41, 5.74) is 4.51. The lowest BCUT2D eigenvalue weighted by Gasteiger charge is -2.10. The Kier molecular flexibility index (Phi) is 7.07. The molecule has 0 aliphatic carbocycles. The Hall–Kier alpha value is -3.93. The van der Waals surface area contributed by atoms with Gasteiger partial charge in [0.2, 0.25) is 5.91 Å². The van der Waals surface area contributed by atoms with Crippen LogP contribution in [0.3, 0.4) is 0 Å². The fourth-order valence-electron chi connectivity index (χ4n) is 4.15. The first kappa shape index (κ1) is 23.2. The van der Waals surface area contributed by atoms with Gasteiger partial charge in [0.1, 0.15) is 0 Å². The van der Waals surface area contributed by atoms with Crippen LogP contribution >= 0.6 is 0 Å². The summed E-state index contributed by atoms with van der Waals surface area (Å²) in [6.07, 6.45) is 2.38. The summed E-state index contributed by atoms with van der Waals surface area (Å²) in [6.45, 7) is 6.84. The molecule has 6 heteroatoms. The van der Waals surface area contributed by atoms with Crippen molar-refractivity contribution in [2.45, 2.75) is 46.6 Å². The number of hydrogen-bond donors (Lipinski definition) is 2. The van der Waals surface area contributed by atoms with Gasteiger partial charge in [-0.15, -0.1) is 0 Å². The van der Waals surface area contributed by atoms with Crippen LogP contribution in [0.5, 0.6) is 0 Å². The second kappa shape index (κ2) is 10.3. The van der Waals surface area contributed by atoms with E-state index in [1.807, 2.05) is 61.0 Å². The Balaban J connectivity index is 1.45. The van der Waals surface area contributed by atoms with Gasteiger partial charge in [0.05, 0.1) is 23.5 Å². The van der Waals surface area contributed by atoms with E-state index >= 15 is 0 Å². The predicted molar refractivity (Wildman–Crippen MR) is 137 cm³/mol. The number of carbonyl (C=O) groups is 2. The van der Waals surface area contributed by atoms with Gasteiger partial charge in [0, 0.05) is 17.8 Å². The molecule has 0 atom stereocenters. The van der Waals surface area contributed by atoms with Crippen LogP contribution in [0.15, 0.2) is 66.7 Å². The number of nitrogens with one attached hydrogen (secondary N) is 2. The number of aromatic nitrogens is 2. The Morgan fingerprint density at radius 3 is 2.53 bits per heavy atom. The number of anilines is 2. The van der Waals surface area contributed by atoms with Crippen LogP contribution in [0.4, 0.5) is 11.4 Å². The minimum absolute atomic E-state index is 0.127. The Morgan fingerprint density at radius 2 is 1.71 bits per heavy atom. The van der Waals surface area contributed by atoms with E-state index in [1.165, 1.54) is 0 Å². The minimum Gasteiger partial charge on any atom is -0.326 e. The van der Waals surface area contributed by atoms with Crippen molar-refractivity contribution in [1.82, 2.24) is 9.78 Å². The number of nitrogens with zero attached hydrogens (tertiary/aromatic N) is 2. The monoisotopic (exact) mass is 454 g/mol. The first-order valence-corrected chi connectivity index (χ1v) is 11.7. The molecule has 4 rings (SSSR count). The summed E-state index contributed by atoms with van der Waals surface area (Å²) in [5, 5.41) is 12.7. The molecule has 0 unspecified atom stereocenters. The summed E-state index contributed by atoms with van der Waals surface area (Å²) in [6, 6.07) is 21.0. The molecule has 0 aliphatic heterocycles. The van der Waals surface area contributed by atoms with E-state index in [9.17, 15) is 9.59 Å². The molecule has 34 heavy (non-hydrogen) atoms. The zero-order valence-corrected chi connectivity index (χ0v) is 19.9. The van der Waals surface area contributed by atoms with Crippen molar-refractivity contribution in [1.29, 1.82) is 0 Å². The van der Waals surface area contributed by atoms with Crippen LogP contribution < -0.4 is 10.6 Å². The summed E-state index contributed by atoms with van der Waals surface area (Å²) in [4.78, 5) is 25.7. The van der Waals surface area contributed by atoms with Crippen molar-refractivity contribution >= 4 is 34.0 Å². The molecule has 2 N–H and O–H groups in total. The fraction of sp³-hybridized carbons (Fsp3) is 0.250. The third kappa shape index (κ3) is 5.17. The maximum absolute atomic E-state index is 13.0. The van der Waals surface area contributed by atoms with E-state index in [2.05, 4.69) is 22.7 Å². The van der Waals surface area contributed by atoms with Crippen molar-refractivity contribution in [3.05, 3.63) is 89.2 Å². The number of fused-ring (bicyclic) bond motifs is 1. The summed E-state index contributed by atoms with van der Waals surface area (Å²) < 4.78 is 1.94. The van der Waals surface area contributed by atoms with Crippen LogP contribution in [0.25, 0.3) is 10.8 Å². The molecule has 0 saturated heterocycles. The van der Waals surface area contributed by atoms with Crippen molar-refractivity contribution in [2.24, 2.45) is 0 Å². The third-order valence-electron chi connectivity index (χ3n) is 5.98. The van der Waals surface area contributed by atoms with Crippen LogP contribution in [0.2, 0.25) is 0 Å². The van der Waals surface area contributed by atoms with Gasteiger partial charge in [-0.05, 0) is 54.8 Å². The quantitative estimate of drug-likeness (QED) is 0.349. The zero-order valence-electron chi connectivity index (χ0n) is 19.9. The molecule has 1 heterocycles. The second-order valence-electron chi connectivity index (χ2n) is 8.52. The maximum atomic E-state index is 13.0. The van der Waals surface area contributed by atoms with Gasteiger partial charge in [-0.25, -0.2) is 0 Å². The number of carbonyl (C=O) groups excluding carboxylic acids is 2. The van der Waals surface area contributed by atoms with Gasteiger partial charge < -0.3 is 10.6 Å². The molecular weight excluding hydrogens is 424 g/mol. The number of unbranched alkanes of at least 4 members (excludes halogenated alkanes) is 1. The molecule has 6 nitrogen and oxygen atoms in total. The van der Waals surface area contributed by atoms with Gasteiger partial charge >= 0.3 is 0 Å². The average molecular weight is 455 g/mol. The molecule has 0 spiro atoms. The fourth-order valence-corrected chi connectivity index (χ4v) is 4.15. The van der Waals surface area contributed by atoms with Gasteiger partial charge in [-0.2, -0.15) is 5.10 Å². The normalized spacial score (nSPS) is 10.9. The number of aryl methyl sites for hydroxylation is 2. The van der Waals surface area contributed by atoms with Gasteiger partial charge in [-0.1, -0.05) is 61.9 Å². The van der Waals surface area contributed by atoms with E-state index in [0.717, 1.165) is 52.8 Å². The summed E-state index contributed by atoms with van der Waals surface area (Å²) >= 11 is 0. The van der Waals surface area contributed by atoms with Gasteiger partial charge in [0.15, 0.2) is 0 Å². The van der Waals surface area contributed by atoms with E-state index in [4.69, 9.17) is 0 Å².